The van der Waals surface area contributed by atoms with E-state index in [1.54, 1.807) is 6.20 Å². The first-order valence-corrected chi connectivity index (χ1v) is 12.5. The van der Waals surface area contributed by atoms with Gasteiger partial charge >= 0.3 is 0 Å². The van der Waals surface area contributed by atoms with Gasteiger partial charge in [-0.2, -0.15) is 0 Å². The molecule has 4 nitrogen and oxygen atoms in total. The maximum atomic E-state index is 13.5. The fourth-order valence-electron chi connectivity index (χ4n) is 4.33. The lowest BCUT2D eigenvalue weighted by atomic mass is 9.77. The summed E-state index contributed by atoms with van der Waals surface area (Å²) >= 11 is 1.37. The molecule has 7 heteroatoms. The molecule has 184 valence electrons. The molecule has 1 heterocycles. The second-order valence-corrected chi connectivity index (χ2v) is 9.57. The van der Waals surface area contributed by atoms with Crippen LogP contribution < -0.4 is 10.6 Å². The van der Waals surface area contributed by atoms with Crippen molar-refractivity contribution in [2.45, 2.75) is 12.0 Å². The largest absolute Gasteiger partial charge is 0.344 e. The summed E-state index contributed by atoms with van der Waals surface area (Å²) in [6, 6.07) is 33.7. The zero-order valence-electron chi connectivity index (χ0n) is 19.7. The van der Waals surface area contributed by atoms with Crippen molar-refractivity contribution in [1.82, 2.24) is 4.98 Å². The molecule has 37 heavy (non-hydrogen) atoms. The third kappa shape index (κ3) is 5.27. The standard InChI is InChI=1S/C30H23F2N3OS/c31-26-17-16-24(18-27(26)32)34-28(36)19-25-20-33-29(37-25)35-30(21-10-4-1-5-11-21,22-12-6-2-7-13-22)23-14-8-3-9-15-23/h1-18,20H,19H2,(H,33,35)(H,34,36). The Bertz CT molecular complexity index is 1390. The van der Waals surface area contributed by atoms with Crippen molar-refractivity contribution in [3.8, 4) is 0 Å². The van der Waals surface area contributed by atoms with Gasteiger partial charge < -0.3 is 10.6 Å². The highest BCUT2D eigenvalue weighted by molar-refractivity contribution is 7.15. The lowest BCUT2D eigenvalue weighted by molar-refractivity contribution is -0.115. The number of thiazole rings is 1. The number of amides is 1. The van der Waals surface area contributed by atoms with Crippen molar-refractivity contribution in [3.63, 3.8) is 0 Å². The Morgan fingerprint density at radius 1 is 0.757 bits per heavy atom. The molecule has 4 aromatic carbocycles. The second-order valence-electron chi connectivity index (χ2n) is 8.46. The van der Waals surface area contributed by atoms with Crippen LogP contribution in [0.3, 0.4) is 0 Å². The summed E-state index contributed by atoms with van der Waals surface area (Å²) in [7, 11) is 0. The van der Waals surface area contributed by atoms with Gasteiger partial charge in [0.2, 0.25) is 5.91 Å². The highest BCUT2D eigenvalue weighted by Gasteiger charge is 2.37. The maximum Gasteiger partial charge on any atom is 0.229 e. The van der Waals surface area contributed by atoms with Gasteiger partial charge in [0.1, 0.15) is 5.54 Å². The van der Waals surface area contributed by atoms with Crippen LogP contribution in [-0.4, -0.2) is 10.9 Å². The Hall–Kier alpha value is -4.36. The number of nitrogens with one attached hydrogen (secondary N) is 2. The highest BCUT2D eigenvalue weighted by atomic mass is 32.1. The number of anilines is 2. The minimum atomic E-state index is -1.01. The number of benzene rings is 4. The second kappa shape index (κ2) is 10.7. The van der Waals surface area contributed by atoms with Crippen LogP contribution in [0.1, 0.15) is 21.6 Å². The molecule has 0 aliphatic heterocycles. The Balaban J connectivity index is 1.46. The van der Waals surface area contributed by atoms with Crippen molar-refractivity contribution in [2.75, 3.05) is 10.6 Å². The smallest absolute Gasteiger partial charge is 0.229 e. The van der Waals surface area contributed by atoms with Gasteiger partial charge in [0.05, 0.1) is 6.42 Å². The van der Waals surface area contributed by atoms with Crippen LogP contribution in [0, 0.1) is 11.6 Å². The molecule has 0 fully saturated rings. The van der Waals surface area contributed by atoms with Crippen LogP contribution in [0.25, 0.3) is 0 Å². The number of aromatic nitrogens is 1. The summed E-state index contributed by atoms with van der Waals surface area (Å²) < 4.78 is 26.7. The predicted molar refractivity (Wildman–Crippen MR) is 144 cm³/mol. The average molecular weight is 512 g/mol. The summed E-state index contributed by atoms with van der Waals surface area (Å²) in [5.41, 5.74) is 2.59. The van der Waals surface area contributed by atoms with Gasteiger partial charge in [-0.3, -0.25) is 4.79 Å². The van der Waals surface area contributed by atoms with E-state index in [0.29, 0.717) is 5.13 Å². The summed E-state index contributed by atoms with van der Waals surface area (Å²) in [5, 5.41) is 6.93. The molecule has 1 aromatic heterocycles. The molecule has 0 aliphatic carbocycles. The normalized spacial score (nSPS) is 11.2. The molecule has 2 N–H and O–H groups in total. The van der Waals surface area contributed by atoms with E-state index in [2.05, 4.69) is 52.0 Å². The summed E-state index contributed by atoms with van der Waals surface area (Å²) in [5.74, 6) is -2.32. The van der Waals surface area contributed by atoms with E-state index in [4.69, 9.17) is 0 Å². The number of carbonyl (C=O) groups is 1. The molecule has 0 saturated heterocycles. The first kappa shape index (κ1) is 24.3. The fraction of sp³-hybridized carbons (Fsp3) is 0.0667. The molecule has 0 radical (unpaired) electrons. The summed E-state index contributed by atoms with van der Waals surface area (Å²) in [4.78, 5) is 17.9. The van der Waals surface area contributed by atoms with Crippen LogP contribution in [-0.2, 0) is 16.8 Å². The van der Waals surface area contributed by atoms with Gasteiger partial charge in [-0.05, 0) is 28.8 Å². The molecule has 0 unspecified atom stereocenters. The van der Waals surface area contributed by atoms with Crippen LogP contribution in [0.4, 0.5) is 19.6 Å². The van der Waals surface area contributed by atoms with E-state index in [1.807, 2.05) is 54.6 Å². The van der Waals surface area contributed by atoms with Crippen LogP contribution in [0.5, 0.6) is 0 Å². The number of hydrogen-bond donors (Lipinski definition) is 2. The Kier molecular flexibility index (Phi) is 7.05. The molecule has 0 atom stereocenters. The molecular weight excluding hydrogens is 488 g/mol. The van der Waals surface area contributed by atoms with Crippen molar-refractivity contribution in [3.05, 3.63) is 149 Å². The molecule has 0 bridgehead atoms. The van der Waals surface area contributed by atoms with Crippen molar-refractivity contribution in [2.24, 2.45) is 0 Å². The van der Waals surface area contributed by atoms with Crippen molar-refractivity contribution < 1.29 is 13.6 Å². The third-order valence-electron chi connectivity index (χ3n) is 6.01. The molecule has 5 aromatic rings. The quantitative estimate of drug-likeness (QED) is 0.221. The van der Waals surface area contributed by atoms with Gasteiger partial charge in [0.25, 0.3) is 0 Å². The fourth-order valence-corrected chi connectivity index (χ4v) is 5.19. The monoisotopic (exact) mass is 511 g/mol. The minimum Gasteiger partial charge on any atom is -0.344 e. The molecule has 0 spiro atoms. The first-order valence-electron chi connectivity index (χ1n) is 11.7. The minimum absolute atomic E-state index is 0.0490. The van der Waals surface area contributed by atoms with E-state index >= 15 is 0 Å². The van der Waals surface area contributed by atoms with Gasteiger partial charge in [-0.25, -0.2) is 13.8 Å². The van der Waals surface area contributed by atoms with E-state index in [9.17, 15) is 13.6 Å². The number of nitrogens with zero attached hydrogens (tertiary/aromatic N) is 1. The van der Waals surface area contributed by atoms with E-state index in [1.165, 1.54) is 17.4 Å². The number of hydrogen-bond acceptors (Lipinski definition) is 4. The average Bonchev–Trinajstić information content (AvgIpc) is 3.37. The van der Waals surface area contributed by atoms with Crippen LogP contribution >= 0.6 is 11.3 Å². The molecule has 0 aliphatic rings. The van der Waals surface area contributed by atoms with Gasteiger partial charge in [-0.1, -0.05) is 91.0 Å². The lowest BCUT2D eigenvalue weighted by Crippen LogP contribution is -2.38. The van der Waals surface area contributed by atoms with Gasteiger partial charge in [0.15, 0.2) is 16.8 Å². The van der Waals surface area contributed by atoms with E-state index in [0.717, 1.165) is 33.7 Å². The zero-order chi connectivity index (χ0) is 25.7. The number of rotatable bonds is 8. The van der Waals surface area contributed by atoms with Gasteiger partial charge in [0, 0.05) is 22.8 Å². The van der Waals surface area contributed by atoms with Crippen molar-refractivity contribution >= 4 is 28.1 Å². The number of halogens is 2. The summed E-state index contributed by atoms with van der Waals surface area (Å²) in [6.45, 7) is 0. The Morgan fingerprint density at radius 2 is 1.30 bits per heavy atom. The zero-order valence-corrected chi connectivity index (χ0v) is 20.5. The third-order valence-corrected chi connectivity index (χ3v) is 6.92. The topological polar surface area (TPSA) is 54.0 Å². The first-order chi connectivity index (χ1) is 18.0. The van der Waals surface area contributed by atoms with E-state index in [-0.39, 0.29) is 18.0 Å². The SMILES string of the molecule is O=C(Cc1cnc(NC(c2ccccc2)(c2ccccc2)c2ccccc2)s1)Nc1ccc(F)c(F)c1. The van der Waals surface area contributed by atoms with Gasteiger partial charge in [-0.15, -0.1) is 11.3 Å². The van der Waals surface area contributed by atoms with Crippen molar-refractivity contribution in [1.29, 1.82) is 0 Å². The summed E-state index contributed by atoms with van der Waals surface area (Å²) in [6.07, 6.45) is 1.71. The Labute approximate surface area is 217 Å². The van der Waals surface area contributed by atoms with E-state index < -0.39 is 17.2 Å². The van der Waals surface area contributed by atoms with Crippen LogP contribution in [0.15, 0.2) is 115 Å². The molecule has 0 saturated carbocycles. The molecule has 1 amide bonds. The maximum absolute atomic E-state index is 13.5. The highest BCUT2D eigenvalue weighted by Crippen LogP contribution is 2.40. The number of carbonyl (C=O) groups excluding carboxylic acids is 1. The molecule has 5 rings (SSSR count). The Morgan fingerprint density at radius 3 is 1.81 bits per heavy atom. The predicted octanol–water partition coefficient (Wildman–Crippen LogP) is 7.01. The van der Waals surface area contributed by atoms with Crippen LogP contribution in [0.2, 0.25) is 0 Å². The lowest BCUT2D eigenvalue weighted by Gasteiger charge is -2.36. The molecular formula is C30H23F2N3OS.